The largest absolute Gasteiger partial charge is 0.265 e. The Kier molecular flexibility index (Phi) is 6.15. The Balaban J connectivity index is 2.14. The Morgan fingerprint density at radius 2 is 1.30 bits per heavy atom. The minimum absolute atomic E-state index is 0.182. The Morgan fingerprint density at radius 3 is 1.85 bits per heavy atom. The molecule has 1 aromatic carbocycles. The maximum Gasteiger partial charge on any atom is 0.0809 e. The fourth-order valence-electron chi connectivity index (χ4n) is 1.53. The molecule has 1 nitrogen and oxygen atoms in total. The number of hydrogen-bond acceptors (Lipinski definition) is 2. The van der Waals surface area contributed by atoms with E-state index in [0.29, 0.717) is 14.9 Å². The predicted molar refractivity (Wildman–Crippen MR) is 90.2 cm³/mol. The molecule has 0 saturated carbocycles. The van der Waals surface area contributed by atoms with E-state index in [0.717, 1.165) is 12.2 Å². The SMILES string of the molecule is Clc1c(Cl)c(Cl)c(SCCc2ccncc2)c(Cl)c1Cl. The molecule has 0 radical (unpaired) electrons. The van der Waals surface area contributed by atoms with Crippen molar-refractivity contribution in [1.29, 1.82) is 0 Å². The lowest BCUT2D eigenvalue weighted by Crippen LogP contribution is -1.91. The average molecular weight is 388 g/mol. The van der Waals surface area contributed by atoms with Gasteiger partial charge in [-0.3, -0.25) is 4.98 Å². The molecule has 1 heterocycles. The van der Waals surface area contributed by atoms with Crippen LogP contribution >= 0.6 is 69.8 Å². The quantitative estimate of drug-likeness (QED) is 0.329. The summed E-state index contributed by atoms with van der Waals surface area (Å²) in [6, 6.07) is 3.93. The summed E-state index contributed by atoms with van der Waals surface area (Å²) in [6.45, 7) is 0. The minimum Gasteiger partial charge on any atom is -0.265 e. The molecule has 0 saturated heterocycles. The standard InChI is InChI=1S/C13H8Cl5NS/c14-8-9(15)11(17)13(12(18)10(8)16)20-6-3-7-1-4-19-5-2-7/h1-2,4-5H,3,6H2. The van der Waals surface area contributed by atoms with Crippen LogP contribution in [0.15, 0.2) is 29.4 Å². The molecule has 0 amide bonds. The normalized spacial score (nSPS) is 10.8. The van der Waals surface area contributed by atoms with E-state index < -0.39 is 0 Å². The third-order valence-corrected chi connectivity index (χ3v) is 6.16. The molecule has 0 aliphatic rings. The second-order valence-electron chi connectivity index (χ2n) is 3.85. The molecule has 1 aromatic heterocycles. The van der Waals surface area contributed by atoms with E-state index in [9.17, 15) is 0 Å². The molecular weight excluding hydrogens is 379 g/mol. The second kappa shape index (κ2) is 7.44. The highest BCUT2D eigenvalue weighted by atomic mass is 35.5. The van der Waals surface area contributed by atoms with Gasteiger partial charge in [-0.1, -0.05) is 58.0 Å². The van der Waals surface area contributed by atoms with Gasteiger partial charge in [-0.2, -0.15) is 0 Å². The lowest BCUT2D eigenvalue weighted by atomic mass is 10.2. The first kappa shape index (κ1) is 16.5. The van der Waals surface area contributed by atoms with Crippen molar-refractivity contribution in [3.63, 3.8) is 0 Å². The van der Waals surface area contributed by atoms with Crippen LogP contribution in [0, 0.1) is 0 Å². The van der Waals surface area contributed by atoms with E-state index in [2.05, 4.69) is 4.98 Å². The molecule has 0 unspecified atom stereocenters. The Morgan fingerprint density at radius 1 is 0.800 bits per heavy atom. The molecule has 106 valence electrons. The van der Waals surface area contributed by atoms with Gasteiger partial charge in [0.2, 0.25) is 0 Å². The molecule has 2 aromatic rings. The lowest BCUT2D eigenvalue weighted by Gasteiger charge is -2.11. The van der Waals surface area contributed by atoms with Crippen molar-refractivity contribution in [2.75, 3.05) is 5.75 Å². The molecule has 0 N–H and O–H groups in total. The zero-order chi connectivity index (χ0) is 14.7. The number of nitrogens with zero attached hydrogens (tertiary/aromatic N) is 1. The fraction of sp³-hybridized carbons (Fsp3) is 0.154. The van der Waals surface area contributed by atoms with Crippen LogP contribution < -0.4 is 0 Å². The van der Waals surface area contributed by atoms with Gasteiger partial charge in [0.1, 0.15) is 0 Å². The molecule has 0 spiro atoms. The van der Waals surface area contributed by atoms with Gasteiger partial charge in [-0.25, -0.2) is 0 Å². The zero-order valence-electron chi connectivity index (χ0n) is 9.97. The second-order valence-corrected chi connectivity index (χ2v) is 6.85. The van der Waals surface area contributed by atoms with Crippen molar-refractivity contribution in [2.24, 2.45) is 0 Å². The number of rotatable bonds is 4. The third kappa shape index (κ3) is 3.68. The van der Waals surface area contributed by atoms with Crippen molar-refractivity contribution in [3.05, 3.63) is 55.2 Å². The van der Waals surface area contributed by atoms with E-state index >= 15 is 0 Å². The van der Waals surface area contributed by atoms with E-state index in [-0.39, 0.29) is 15.1 Å². The first-order valence-corrected chi connectivity index (χ1v) is 8.43. The number of aryl methyl sites for hydroxylation is 1. The van der Waals surface area contributed by atoms with Crippen molar-refractivity contribution in [1.82, 2.24) is 4.98 Å². The number of thioether (sulfide) groups is 1. The molecule has 0 aliphatic heterocycles. The summed E-state index contributed by atoms with van der Waals surface area (Å²) in [4.78, 5) is 4.63. The fourth-order valence-corrected chi connectivity index (χ4v) is 4.11. The number of aromatic nitrogens is 1. The van der Waals surface area contributed by atoms with Gasteiger partial charge in [0.25, 0.3) is 0 Å². The van der Waals surface area contributed by atoms with Gasteiger partial charge >= 0.3 is 0 Å². The van der Waals surface area contributed by atoms with Crippen LogP contribution in [0.4, 0.5) is 0 Å². The predicted octanol–water partition coefficient (Wildman–Crippen LogP) is 6.68. The monoisotopic (exact) mass is 385 g/mol. The first-order valence-electron chi connectivity index (χ1n) is 5.55. The summed E-state index contributed by atoms with van der Waals surface area (Å²) in [5, 5.41) is 1.32. The summed E-state index contributed by atoms with van der Waals surface area (Å²) < 4.78 is 0. The van der Waals surface area contributed by atoms with Gasteiger partial charge in [0, 0.05) is 23.0 Å². The molecule has 2 rings (SSSR count). The summed E-state index contributed by atoms with van der Waals surface area (Å²) in [5.74, 6) is 0.789. The van der Waals surface area contributed by atoms with Crippen molar-refractivity contribution in [3.8, 4) is 0 Å². The molecule has 0 aliphatic carbocycles. The van der Waals surface area contributed by atoms with Crippen LogP contribution in [0.5, 0.6) is 0 Å². The smallest absolute Gasteiger partial charge is 0.0809 e. The van der Waals surface area contributed by atoms with Crippen molar-refractivity contribution >= 4 is 69.8 Å². The summed E-state index contributed by atoms with van der Waals surface area (Å²) in [7, 11) is 0. The Hall–Kier alpha value is 0.170. The van der Waals surface area contributed by atoms with Crippen LogP contribution in [0.25, 0.3) is 0 Å². The topological polar surface area (TPSA) is 12.9 Å². The minimum atomic E-state index is 0.182. The van der Waals surface area contributed by atoms with Crippen LogP contribution in [0.2, 0.25) is 25.1 Å². The maximum absolute atomic E-state index is 6.17. The van der Waals surface area contributed by atoms with Crippen molar-refractivity contribution < 1.29 is 0 Å². The Bertz CT molecular complexity index is 589. The Labute approximate surface area is 146 Å². The highest BCUT2D eigenvalue weighted by molar-refractivity contribution is 7.99. The molecule has 0 atom stereocenters. The highest BCUT2D eigenvalue weighted by Crippen LogP contribution is 2.47. The average Bonchev–Trinajstić information content (AvgIpc) is 2.48. The number of hydrogen-bond donors (Lipinski definition) is 0. The zero-order valence-corrected chi connectivity index (χ0v) is 14.6. The van der Waals surface area contributed by atoms with Crippen LogP contribution in [0.3, 0.4) is 0 Å². The summed E-state index contributed by atoms with van der Waals surface area (Å²) in [6.07, 6.45) is 4.38. The molecule has 20 heavy (non-hydrogen) atoms. The van der Waals surface area contributed by atoms with Gasteiger partial charge in [-0.05, 0) is 24.1 Å². The van der Waals surface area contributed by atoms with Crippen LogP contribution in [0.1, 0.15) is 5.56 Å². The molecule has 0 fully saturated rings. The number of benzene rings is 1. The first-order chi connectivity index (χ1) is 9.52. The van der Waals surface area contributed by atoms with Crippen molar-refractivity contribution in [2.45, 2.75) is 11.3 Å². The number of halogens is 5. The van der Waals surface area contributed by atoms with Gasteiger partial charge in [0.05, 0.1) is 25.1 Å². The van der Waals surface area contributed by atoms with Crippen LogP contribution in [-0.4, -0.2) is 10.7 Å². The molecule has 0 bridgehead atoms. The number of pyridine rings is 1. The van der Waals surface area contributed by atoms with E-state index in [1.54, 1.807) is 12.4 Å². The molecular formula is C13H8Cl5NS. The van der Waals surface area contributed by atoms with E-state index in [1.165, 1.54) is 17.3 Å². The summed E-state index contributed by atoms with van der Waals surface area (Å²) >= 11 is 31.8. The third-order valence-electron chi connectivity index (χ3n) is 2.56. The lowest BCUT2D eigenvalue weighted by molar-refractivity contribution is 1.13. The van der Waals surface area contributed by atoms with E-state index in [1.807, 2.05) is 12.1 Å². The van der Waals surface area contributed by atoms with Gasteiger partial charge in [-0.15, -0.1) is 11.8 Å². The van der Waals surface area contributed by atoms with Crippen LogP contribution in [-0.2, 0) is 6.42 Å². The molecule has 7 heteroatoms. The van der Waals surface area contributed by atoms with E-state index in [4.69, 9.17) is 58.0 Å². The summed E-state index contributed by atoms with van der Waals surface area (Å²) in [5.41, 5.74) is 1.19. The maximum atomic E-state index is 6.17. The van der Waals surface area contributed by atoms with Gasteiger partial charge in [0.15, 0.2) is 0 Å². The highest BCUT2D eigenvalue weighted by Gasteiger charge is 2.19. The van der Waals surface area contributed by atoms with Gasteiger partial charge < -0.3 is 0 Å².